The van der Waals surface area contributed by atoms with Gasteiger partial charge in [0.15, 0.2) is 0 Å². The van der Waals surface area contributed by atoms with Crippen LogP contribution in [0.25, 0.3) is 0 Å². The van der Waals surface area contributed by atoms with E-state index in [0.29, 0.717) is 5.41 Å². The lowest BCUT2D eigenvalue weighted by Crippen LogP contribution is -2.53. The molecule has 0 spiro atoms. The summed E-state index contributed by atoms with van der Waals surface area (Å²) in [7, 11) is 0. The molecule has 0 amide bonds. The fourth-order valence-corrected chi connectivity index (χ4v) is 3.85. The van der Waals surface area contributed by atoms with E-state index in [9.17, 15) is 0 Å². The smallest absolute Gasteiger partial charge is 0.0170 e. The van der Waals surface area contributed by atoms with Crippen molar-refractivity contribution in [1.29, 1.82) is 0 Å². The van der Waals surface area contributed by atoms with Crippen molar-refractivity contribution in [2.75, 3.05) is 0 Å². The summed E-state index contributed by atoms with van der Waals surface area (Å²) >= 11 is 0. The van der Waals surface area contributed by atoms with Gasteiger partial charge in [-0.1, -0.05) is 13.8 Å². The second-order valence-corrected chi connectivity index (χ2v) is 5.53. The largest absolute Gasteiger partial charge is 0.0594 e. The van der Waals surface area contributed by atoms with Gasteiger partial charge < -0.3 is 0 Å². The first-order valence-corrected chi connectivity index (χ1v) is 5.38. The third-order valence-corrected chi connectivity index (χ3v) is 4.87. The molecule has 0 heteroatoms. The molecule has 66 valence electrons. The molecule has 0 heterocycles. The minimum absolute atomic E-state index is 0.687. The summed E-state index contributed by atoms with van der Waals surface area (Å²) in [5.74, 6) is 4.91. The first kappa shape index (κ1) is 7.41. The van der Waals surface area contributed by atoms with Gasteiger partial charge in [0.2, 0.25) is 0 Å². The maximum atomic E-state index is 2.53. The Morgan fingerprint density at radius 3 is 3.00 bits per heavy atom. The second-order valence-electron chi connectivity index (χ2n) is 5.53. The molecule has 0 saturated heterocycles. The molecule has 4 aliphatic carbocycles. The molecule has 4 saturated carbocycles. The Bertz CT molecular complexity index is 204. The molecule has 2 radical (unpaired) electrons. The minimum atomic E-state index is 0.687. The van der Waals surface area contributed by atoms with Crippen molar-refractivity contribution in [1.82, 2.24) is 0 Å². The van der Waals surface area contributed by atoms with Crippen LogP contribution < -0.4 is 0 Å². The van der Waals surface area contributed by atoms with Gasteiger partial charge in [0.1, 0.15) is 0 Å². The van der Waals surface area contributed by atoms with E-state index in [-0.39, 0.29) is 0 Å². The Morgan fingerprint density at radius 2 is 2.25 bits per heavy atom. The van der Waals surface area contributed by atoms with Crippen molar-refractivity contribution < 1.29 is 0 Å². The SMILES string of the molecule is CC1(C)C2C[C]3[CH]CCC3C1C2. The molecule has 4 aliphatic rings. The highest BCUT2D eigenvalue weighted by Gasteiger charge is 2.58. The van der Waals surface area contributed by atoms with E-state index in [2.05, 4.69) is 20.3 Å². The molecule has 0 aromatic rings. The summed E-state index contributed by atoms with van der Waals surface area (Å²) in [6.45, 7) is 4.97. The highest BCUT2D eigenvalue weighted by atomic mass is 14.6. The molecular weight excluding hydrogens is 144 g/mol. The number of hydrogen-bond donors (Lipinski definition) is 0. The first-order valence-electron chi connectivity index (χ1n) is 5.38. The van der Waals surface area contributed by atoms with E-state index in [1.54, 1.807) is 0 Å². The van der Waals surface area contributed by atoms with Crippen LogP contribution >= 0.6 is 0 Å². The van der Waals surface area contributed by atoms with Crippen molar-refractivity contribution in [3.05, 3.63) is 12.3 Å². The van der Waals surface area contributed by atoms with Gasteiger partial charge in [-0.15, -0.1) is 0 Å². The van der Waals surface area contributed by atoms with Gasteiger partial charge in [-0.05, 0) is 61.2 Å². The van der Waals surface area contributed by atoms with Crippen LogP contribution in [0.1, 0.15) is 39.5 Å². The molecule has 0 aromatic heterocycles. The second kappa shape index (κ2) is 2.08. The van der Waals surface area contributed by atoms with Crippen LogP contribution in [-0.2, 0) is 0 Å². The van der Waals surface area contributed by atoms with E-state index in [1.807, 2.05) is 5.92 Å². The molecule has 3 atom stereocenters. The lowest BCUT2D eigenvalue weighted by Gasteiger charge is -2.61. The van der Waals surface area contributed by atoms with Crippen LogP contribution in [0.4, 0.5) is 0 Å². The molecular formula is C12H18. The fraction of sp³-hybridized carbons (Fsp3) is 0.833. The Hall–Kier alpha value is 0. The van der Waals surface area contributed by atoms with Crippen LogP contribution in [0.2, 0.25) is 0 Å². The third kappa shape index (κ3) is 0.701. The zero-order chi connectivity index (χ0) is 8.34. The van der Waals surface area contributed by atoms with Crippen LogP contribution in [-0.4, -0.2) is 0 Å². The monoisotopic (exact) mass is 162 g/mol. The number of hydrogen-bond acceptors (Lipinski definition) is 0. The predicted molar refractivity (Wildman–Crippen MR) is 50.3 cm³/mol. The van der Waals surface area contributed by atoms with E-state index in [1.165, 1.54) is 25.7 Å². The summed E-state index contributed by atoms with van der Waals surface area (Å²) < 4.78 is 0. The average molecular weight is 162 g/mol. The van der Waals surface area contributed by atoms with Gasteiger partial charge in [0, 0.05) is 0 Å². The van der Waals surface area contributed by atoms with Gasteiger partial charge in [0.05, 0.1) is 0 Å². The molecule has 4 fully saturated rings. The van der Waals surface area contributed by atoms with Crippen LogP contribution in [0.15, 0.2) is 0 Å². The lowest BCUT2D eigenvalue weighted by atomic mass is 9.44. The summed E-state index contributed by atoms with van der Waals surface area (Å²) in [5, 5.41) is 0. The van der Waals surface area contributed by atoms with Crippen LogP contribution in [0.3, 0.4) is 0 Å². The average Bonchev–Trinajstić information content (AvgIpc) is 2.49. The molecule has 0 aromatic carbocycles. The molecule has 0 N–H and O–H groups in total. The minimum Gasteiger partial charge on any atom is -0.0594 e. The van der Waals surface area contributed by atoms with Gasteiger partial charge in [0.25, 0.3) is 0 Å². The van der Waals surface area contributed by atoms with Gasteiger partial charge >= 0.3 is 0 Å². The van der Waals surface area contributed by atoms with Gasteiger partial charge in [-0.3, -0.25) is 0 Å². The summed E-state index contributed by atoms with van der Waals surface area (Å²) in [4.78, 5) is 0. The molecule has 4 rings (SSSR count). The molecule has 3 unspecified atom stereocenters. The standard InChI is InChI=1S/C12H18/c1-12(2)9-6-8-4-3-5-10(8)11(12)7-9/h4,9-11H,3,5-7H2,1-2H3. The first-order chi connectivity index (χ1) is 5.69. The van der Waals surface area contributed by atoms with Crippen molar-refractivity contribution in [2.45, 2.75) is 39.5 Å². The maximum absolute atomic E-state index is 2.53. The van der Waals surface area contributed by atoms with E-state index < -0.39 is 0 Å². The summed E-state index contributed by atoms with van der Waals surface area (Å²) in [6, 6.07) is 0. The van der Waals surface area contributed by atoms with Crippen molar-refractivity contribution >= 4 is 0 Å². The lowest BCUT2D eigenvalue weighted by molar-refractivity contribution is -0.0849. The van der Waals surface area contributed by atoms with Crippen molar-refractivity contribution in [3.63, 3.8) is 0 Å². The topological polar surface area (TPSA) is 0 Å². The zero-order valence-electron chi connectivity index (χ0n) is 8.14. The zero-order valence-corrected chi connectivity index (χ0v) is 8.14. The summed E-state index contributed by atoms with van der Waals surface area (Å²) in [6.07, 6.45) is 8.34. The number of rotatable bonds is 0. The fourth-order valence-electron chi connectivity index (χ4n) is 3.85. The Morgan fingerprint density at radius 1 is 1.42 bits per heavy atom. The van der Waals surface area contributed by atoms with Crippen LogP contribution in [0.5, 0.6) is 0 Å². The van der Waals surface area contributed by atoms with E-state index >= 15 is 0 Å². The van der Waals surface area contributed by atoms with Gasteiger partial charge in [-0.25, -0.2) is 0 Å². The van der Waals surface area contributed by atoms with E-state index in [4.69, 9.17) is 0 Å². The third-order valence-electron chi connectivity index (χ3n) is 4.87. The predicted octanol–water partition coefficient (Wildman–Crippen LogP) is 3.24. The molecule has 2 bridgehead atoms. The quantitative estimate of drug-likeness (QED) is 0.513. The van der Waals surface area contributed by atoms with Crippen molar-refractivity contribution in [3.8, 4) is 0 Å². The summed E-state index contributed by atoms with van der Waals surface area (Å²) in [5.41, 5.74) is 0.687. The Balaban J connectivity index is 1.88. The van der Waals surface area contributed by atoms with E-state index in [0.717, 1.165) is 17.8 Å². The Labute approximate surface area is 75.7 Å². The van der Waals surface area contributed by atoms with Gasteiger partial charge in [-0.2, -0.15) is 0 Å². The molecule has 0 aliphatic heterocycles. The molecule has 0 nitrogen and oxygen atoms in total. The highest BCUT2D eigenvalue weighted by Crippen LogP contribution is 2.66. The highest BCUT2D eigenvalue weighted by molar-refractivity contribution is 5.24. The van der Waals surface area contributed by atoms with Crippen molar-refractivity contribution in [2.24, 2.45) is 23.2 Å². The maximum Gasteiger partial charge on any atom is -0.0170 e. The normalized spacial score (nSPS) is 50.0. The molecule has 12 heavy (non-hydrogen) atoms. The van der Waals surface area contributed by atoms with Crippen LogP contribution in [0, 0.1) is 35.5 Å². The Kier molecular flexibility index (Phi) is 1.28.